The van der Waals surface area contributed by atoms with Gasteiger partial charge in [-0.15, -0.1) is 0 Å². The van der Waals surface area contributed by atoms with Gasteiger partial charge in [-0.05, 0) is 37.1 Å². The first-order valence-corrected chi connectivity index (χ1v) is 7.39. The van der Waals surface area contributed by atoms with Gasteiger partial charge >= 0.3 is 0 Å². The number of nitrogens with one attached hydrogen (secondary N) is 2. The Bertz CT molecular complexity index is 532. The molecule has 0 spiro atoms. The Morgan fingerprint density at radius 1 is 1.26 bits per heavy atom. The molecule has 3 rings (SSSR count). The van der Waals surface area contributed by atoms with Crippen molar-refractivity contribution >= 4 is 27.3 Å². The monoisotopic (exact) mass is 320 g/mol. The van der Waals surface area contributed by atoms with E-state index in [1.807, 2.05) is 6.07 Å². The van der Waals surface area contributed by atoms with Crippen molar-refractivity contribution in [2.75, 3.05) is 23.3 Å². The molecule has 100 valence electrons. The van der Waals surface area contributed by atoms with E-state index in [2.05, 4.69) is 54.5 Å². The average Bonchev–Trinajstić information content (AvgIpc) is 3.10. The highest BCUT2D eigenvalue weighted by Gasteiger charge is 2.15. The standard InChI is InChI=1S/C14H17BrN4/c15-11-3-4-14(19-7-1-2-8-19)13(9-11)16-10-12-5-6-17-18-12/h3-6,9,16H,1-2,7-8,10H2,(H,17,18). The molecule has 1 aromatic carbocycles. The highest BCUT2D eigenvalue weighted by Crippen LogP contribution is 2.31. The molecular weight excluding hydrogens is 304 g/mol. The van der Waals surface area contributed by atoms with Crippen LogP contribution in [0, 0.1) is 0 Å². The summed E-state index contributed by atoms with van der Waals surface area (Å²) in [6.07, 6.45) is 4.35. The molecule has 2 aromatic rings. The van der Waals surface area contributed by atoms with Gasteiger partial charge in [0.05, 0.1) is 23.6 Å². The van der Waals surface area contributed by atoms with E-state index in [1.54, 1.807) is 6.20 Å². The molecule has 2 heterocycles. The first-order chi connectivity index (χ1) is 9.33. The van der Waals surface area contributed by atoms with Gasteiger partial charge in [0, 0.05) is 23.8 Å². The van der Waals surface area contributed by atoms with Crippen LogP contribution in [0.15, 0.2) is 34.9 Å². The Balaban J connectivity index is 1.79. The molecule has 0 unspecified atom stereocenters. The second kappa shape index (κ2) is 5.65. The number of halogens is 1. The third-order valence-electron chi connectivity index (χ3n) is 3.43. The molecule has 0 saturated carbocycles. The van der Waals surface area contributed by atoms with E-state index in [0.717, 1.165) is 29.8 Å². The van der Waals surface area contributed by atoms with Gasteiger partial charge in [0.15, 0.2) is 0 Å². The van der Waals surface area contributed by atoms with Gasteiger partial charge in [0.2, 0.25) is 0 Å². The second-order valence-corrected chi connectivity index (χ2v) is 5.71. The molecule has 2 N–H and O–H groups in total. The van der Waals surface area contributed by atoms with Crippen LogP contribution >= 0.6 is 15.9 Å². The third kappa shape index (κ3) is 2.92. The number of nitrogens with zero attached hydrogens (tertiary/aromatic N) is 2. The minimum Gasteiger partial charge on any atom is -0.378 e. The first-order valence-electron chi connectivity index (χ1n) is 6.59. The van der Waals surface area contributed by atoms with Crippen molar-refractivity contribution in [1.82, 2.24) is 10.2 Å². The van der Waals surface area contributed by atoms with Crippen LogP contribution in [0.5, 0.6) is 0 Å². The van der Waals surface area contributed by atoms with Crippen LogP contribution in [0.1, 0.15) is 18.5 Å². The van der Waals surface area contributed by atoms with Crippen LogP contribution in [0.2, 0.25) is 0 Å². The molecule has 1 aromatic heterocycles. The van der Waals surface area contributed by atoms with E-state index in [4.69, 9.17) is 0 Å². The second-order valence-electron chi connectivity index (χ2n) is 4.79. The van der Waals surface area contributed by atoms with Crippen molar-refractivity contribution in [2.45, 2.75) is 19.4 Å². The SMILES string of the molecule is Brc1ccc(N2CCCC2)c(NCc2ccn[nH]2)c1. The Hall–Kier alpha value is -1.49. The lowest BCUT2D eigenvalue weighted by atomic mass is 10.2. The maximum Gasteiger partial charge on any atom is 0.0602 e. The Morgan fingerprint density at radius 3 is 2.84 bits per heavy atom. The van der Waals surface area contributed by atoms with Crippen molar-refractivity contribution in [3.05, 3.63) is 40.6 Å². The molecule has 5 heteroatoms. The number of anilines is 2. The summed E-state index contributed by atoms with van der Waals surface area (Å²) in [6.45, 7) is 3.07. The summed E-state index contributed by atoms with van der Waals surface area (Å²) >= 11 is 3.54. The molecule has 1 aliphatic rings. The van der Waals surface area contributed by atoms with Gasteiger partial charge in [-0.3, -0.25) is 5.10 Å². The van der Waals surface area contributed by atoms with Gasteiger partial charge in [-0.25, -0.2) is 0 Å². The number of aromatic amines is 1. The lowest BCUT2D eigenvalue weighted by molar-refractivity contribution is 0.949. The number of H-pyrrole nitrogens is 1. The fourth-order valence-electron chi connectivity index (χ4n) is 2.46. The van der Waals surface area contributed by atoms with Gasteiger partial charge < -0.3 is 10.2 Å². The minimum absolute atomic E-state index is 0.761. The van der Waals surface area contributed by atoms with Crippen molar-refractivity contribution in [3.63, 3.8) is 0 Å². The molecule has 0 aliphatic carbocycles. The average molecular weight is 321 g/mol. The van der Waals surface area contributed by atoms with Gasteiger partial charge in [-0.1, -0.05) is 15.9 Å². The third-order valence-corrected chi connectivity index (χ3v) is 3.93. The van der Waals surface area contributed by atoms with Gasteiger partial charge in [-0.2, -0.15) is 5.10 Å². The molecular formula is C14H17BrN4. The molecule has 1 saturated heterocycles. The van der Waals surface area contributed by atoms with Crippen LogP contribution in [0.25, 0.3) is 0 Å². The van der Waals surface area contributed by atoms with E-state index in [9.17, 15) is 0 Å². The van der Waals surface area contributed by atoms with Crippen LogP contribution in [-0.4, -0.2) is 23.3 Å². The van der Waals surface area contributed by atoms with Crippen molar-refractivity contribution in [1.29, 1.82) is 0 Å². The van der Waals surface area contributed by atoms with Gasteiger partial charge in [0.25, 0.3) is 0 Å². The predicted octanol–water partition coefficient (Wildman–Crippen LogP) is 3.38. The molecule has 0 atom stereocenters. The van der Waals surface area contributed by atoms with E-state index < -0.39 is 0 Å². The molecule has 19 heavy (non-hydrogen) atoms. The highest BCUT2D eigenvalue weighted by atomic mass is 79.9. The number of aromatic nitrogens is 2. The molecule has 1 fully saturated rings. The molecule has 0 radical (unpaired) electrons. The predicted molar refractivity (Wildman–Crippen MR) is 81.5 cm³/mol. The summed E-state index contributed by atoms with van der Waals surface area (Å²) < 4.78 is 1.10. The largest absolute Gasteiger partial charge is 0.378 e. The Kier molecular flexibility index (Phi) is 3.73. The fraction of sp³-hybridized carbons (Fsp3) is 0.357. The van der Waals surface area contributed by atoms with Gasteiger partial charge in [0.1, 0.15) is 0 Å². The lowest BCUT2D eigenvalue weighted by Crippen LogP contribution is -2.19. The van der Waals surface area contributed by atoms with Crippen LogP contribution in [0.4, 0.5) is 11.4 Å². The zero-order valence-corrected chi connectivity index (χ0v) is 12.3. The van der Waals surface area contributed by atoms with E-state index >= 15 is 0 Å². The lowest BCUT2D eigenvalue weighted by Gasteiger charge is -2.22. The minimum atomic E-state index is 0.761. The summed E-state index contributed by atoms with van der Waals surface area (Å²) in [4.78, 5) is 2.45. The number of benzene rings is 1. The number of hydrogen-bond donors (Lipinski definition) is 2. The first kappa shape index (κ1) is 12.5. The Morgan fingerprint density at radius 2 is 2.11 bits per heavy atom. The summed E-state index contributed by atoms with van der Waals surface area (Å²) in [5, 5.41) is 10.4. The summed E-state index contributed by atoms with van der Waals surface area (Å²) in [7, 11) is 0. The number of rotatable bonds is 4. The smallest absolute Gasteiger partial charge is 0.0602 e. The quantitative estimate of drug-likeness (QED) is 0.907. The normalized spacial score (nSPS) is 14.9. The Labute approximate surface area is 121 Å². The fourth-order valence-corrected chi connectivity index (χ4v) is 2.82. The maximum atomic E-state index is 3.97. The number of hydrogen-bond acceptors (Lipinski definition) is 3. The van der Waals surface area contributed by atoms with E-state index in [1.165, 1.54) is 24.2 Å². The van der Waals surface area contributed by atoms with Crippen molar-refractivity contribution in [3.8, 4) is 0 Å². The topological polar surface area (TPSA) is 44.0 Å². The maximum absolute atomic E-state index is 3.97. The van der Waals surface area contributed by atoms with Crippen LogP contribution < -0.4 is 10.2 Å². The zero-order chi connectivity index (χ0) is 13.1. The van der Waals surface area contributed by atoms with Crippen LogP contribution in [0.3, 0.4) is 0 Å². The highest BCUT2D eigenvalue weighted by molar-refractivity contribution is 9.10. The van der Waals surface area contributed by atoms with E-state index in [-0.39, 0.29) is 0 Å². The summed E-state index contributed by atoms with van der Waals surface area (Å²) in [5.74, 6) is 0. The molecule has 0 amide bonds. The summed E-state index contributed by atoms with van der Waals surface area (Å²) in [5.41, 5.74) is 3.55. The van der Waals surface area contributed by atoms with E-state index in [0.29, 0.717) is 0 Å². The molecule has 4 nitrogen and oxygen atoms in total. The molecule has 0 bridgehead atoms. The van der Waals surface area contributed by atoms with Crippen LogP contribution in [-0.2, 0) is 6.54 Å². The summed E-state index contributed by atoms with van der Waals surface area (Å²) in [6, 6.07) is 8.42. The molecule has 1 aliphatic heterocycles. The zero-order valence-electron chi connectivity index (χ0n) is 10.7. The van der Waals surface area contributed by atoms with Crippen molar-refractivity contribution in [2.24, 2.45) is 0 Å². The van der Waals surface area contributed by atoms with Crippen molar-refractivity contribution < 1.29 is 0 Å².